The van der Waals surface area contributed by atoms with Gasteiger partial charge in [0.2, 0.25) is 5.75 Å². The number of amides is 1. The normalized spacial score (nSPS) is 10.8. The quantitative estimate of drug-likeness (QED) is 0.886. The van der Waals surface area contributed by atoms with E-state index in [2.05, 4.69) is 5.32 Å². The first kappa shape index (κ1) is 15.1. The van der Waals surface area contributed by atoms with E-state index >= 15 is 0 Å². The lowest BCUT2D eigenvalue weighted by Crippen LogP contribution is -2.43. The first-order valence-electron chi connectivity index (χ1n) is 6.02. The molecule has 0 aliphatic heterocycles. The van der Waals surface area contributed by atoms with Gasteiger partial charge in [-0.15, -0.1) is 0 Å². The highest BCUT2D eigenvalue weighted by atomic mass is 16.5. The lowest BCUT2D eigenvalue weighted by atomic mass is 10.1. The summed E-state index contributed by atoms with van der Waals surface area (Å²) >= 11 is 0. The number of methoxy groups -OCH3 is 2. The fourth-order valence-electron chi connectivity index (χ4n) is 1.57. The molecule has 1 aromatic rings. The SMILES string of the molecule is COc1cccc(OCC(=O)NC(C)(C)C)c1OC. The summed E-state index contributed by atoms with van der Waals surface area (Å²) in [5, 5.41) is 2.82. The van der Waals surface area contributed by atoms with Crippen molar-refractivity contribution in [3.05, 3.63) is 18.2 Å². The van der Waals surface area contributed by atoms with E-state index in [4.69, 9.17) is 14.2 Å². The highest BCUT2D eigenvalue weighted by molar-refractivity contribution is 5.78. The van der Waals surface area contributed by atoms with Crippen molar-refractivity contribution in [1.29, 1.82) is 0 Å². The zero-order valence-corrected chi connectivity index (χ0v) is 12.1. The van der Waals surface area contributed by atoms with Gasteiger partial charge < -0.3 is 19.5 Å². The Hall–Kier alpha value is -1.91. The first-order valence-corrected chi connectivity index (χ1v) is 6.02. The summed E-state index contributed by atoms with van der Waals surface area (Å²) in [6.45, 7) is 5.67. The fourth-order valence-corrected chi connectivity index (χ4v) is 1.57. The zero-order valence-electron chi connectivity index (χ0n) is 12.1. The first-order chi connectivity index (χ1) is 8.87. The minimum atomic E-state index is -0.279. The minimum absolute atomic E-state index is 0.0687. The highest BCUT2D eigenvalue weighted by Crippen LogP contribution is 2.36. The van der Waals surface area contributed by atoms with Crippen molar-refractivity contribution in [3.8, 4) is 17.2 Å². The van der Waals surface area contributed by atoms with Crippen LogP contribution in [-0.2, 0) is 4.79 Å². The molecule has 1 rings (SSSR count). The molecule has 0 aromatic heterocycles. The number of nitrogens with one attached hydrogen (secondary N) is 1. The predicted molar refractivity (Wildman–Crippen MR) is 72.9 cm³/mol. The number of carbonyl (C=O) groups is 1. The Balaban J connectivity index is 2.70. The molecule has 0 saturated carbocycles. The Bertz CT molecular complexity index is 438. The van der Waals surface area contributed by atoms with Crippen LogP contribution in [0.15, 0.2) is 18.2 Å². The number of ether oxygens (including phenoxy) is 3. The van der Waals surface area contributed by atoms with E-state index in [0.29, 0.717) is 17.2 Å². The topological polar surface area (TPSA) is 56.8 Å². The molecule has 0 fully saturated rings. The van der Waals surface area contributed by atoms with Crippen molar-refractivity contribution in [2.24, 2.45) is 0 Å². The minimum Gasteiger partial charge on any atom is -0.493 e. The van der Waals surface area contributed by atoms with Crippen molar-refractivity contribution in [2.75, 3.05) is 20.8 Å². The van der Waals surface area contributed by atoms with E-state index < -0.39 is 0 Å². The summed E-state index contributed by atoms with van der Waals surface area (Å²) in [4.78, 5) is 11.7. The molecule has 1 amide bonds. The second-order valence-corrected chi connectivity index (χ2v) is 5.08. The van der Waals surface area contributed by atoms with Gasteiger partial charge in [0.1, 0.15) is 0 Å². The maximum atomic E-state index is 11.7. The van der Waals surface area contributed by atoms with Gasteiger partial charge in [-0.2, -0.15) is 0 Å². The van der Waals surface area contributed by atoms with Crippen LogP contribution in [0.2, 0.25) is 0 Å². The molecule has 106 valence electrons. The van der Waals surface area contributed by atoms with E-state index in [1.54, 1.807) is 25.3 Å². The molecule has 0 spiro atoms. The second kappa shape index (κ2) is 6.31. The molecular formula is C14H21NO4. The highest BCUT2D eigenvalue weighted by Gasteiger charge is 2.16. The molecule has 0 radical (unpaired) electrons. The monoisotopic (exact) mass is 267 g/mol. The molecule has 0 unspecified atom stereocenters. The summed E-state index contributed by atoms with van der Waals surface area (Å²) in [5.74, 6) is 1.34. The van der Waals surface area contributed by atoms with Gasteiger partial charge in [-0.1, -0.05) is 6.07 Å². The van der Waals surface area contributed by atoms with Crippen molar-refractivity contribution >= 4 is 5.91 Å². The molecule has 0 aliphatic rings. The molecule has 5 nitrogen and oxygen atoms in total. The van der Waals surface area contributed by atoms with Crippen LogP contribution >= 0.6 is 0 Å². The lowest BCUT2D eigenvalue weighted by molar-refractivity contribution is -0.124. The molecule has 0 bridgehead atoms. The van der Waals surface area contributed by atoms with Crippen molar-refractivity contribution < 1.29 is 19.0 Å². The van der Waals surface area contributed by atoms with E-state index in [9.17, 15) is 4.79 Å². The number of hydrogen-bond donors (Lipinski definition) is 1. The van der Waals surface area contributed by atoms with Crippen LogP contribution < -0.4 is 19.5 Å². The van der Waals surface area contributed by atoms with Gasteiger partial charge in [0.25, 0.3) is 5.91 Å². The lowest BCUT2D eigenvalue weighted by Gasteiger charge is -2.20. The van der Waals surface area contributed by atoms with Gasteiger partial charge in [-0.05, 0) is 32.9 Å². The van der Waals surface area contributed by atoms with E-state index in [-0.39, 0.29) is 18.1 Å². The molecule has 0 atom stereocenters. The molecule has 1 aromatic carbocycles. The third kappa shape index (κ3) is 4.69. The summed E-state index contributed by atoms with van der Waals surface area (Å²) < 4.78 is 15.8. The summed E-state index contributed by atoms with van der Waals surface area (Å²) in [6, 6.07) is 5.27. The van der Waals surface area contributed by atoms with Crippen LogP contribution in [0.1, 0.15) is 20.8 Å². The maximum Gasteiger partial charge on any atom is 0.258 e. The van der Waals surface area contributed by atoms with Crippen LogP contribution in [0.3, 0.4) is 0 Å². The molecular weight excluding hydrogens is 246 g/mol. The Morgan fingerprint density at radius 3 is 2.32 bits per heavy atom. The van der Waals surface area contributed by atoms with Gasteiger partial charge in [-0.3, -0.25) is 4.79 Å². The Kier molecular flexibility index (Phi) is 5.03. The van der Waals surface area contributed by atoms with Crippen molar-refractivity contribution in [2.45, 2.75) is 26.3 Å². The molecule has 5 heteroatoms. The molecule has 19 heavy (non-hydrogen) atoms. The molecule has 0 heterocycles. The van der Waals surface area contributed by atoms with Crippen LogP contribution in [0.5, 0.6) is 17.2 Å². The number of para-hydroxylation sites is 1. The third-order valence-corrected chi connectivity index (χ3v) is 2.24. The van der Waals surface area contributed by atoms with E-state index in [0.717, 1.165) is 0 Å². The van der Waals surface area contributed by atoms with Gasteiger partial charge >= 0.3 is 0 Å². The predicted octanol–water partition coefficient (Wildman–Crippen LogP) is 2.00. The van der Waals surface area contributed by atoms with E-state index in [1.165, 1.54) is 7.11 Å². The number of carbonyl (C=O) groups excluding carboxylic acids is 1. The second-order valence-electron chi connectivity index (χ2n) is 5.08. The standard InChI is InChI=1S/C14H21NO4/c1-14(2,3)15-12(16)9-19-11-8-6-7-10(17-4)13(11)18-5/h6-8H,9H2,1-5H3,(H,15,16). The largest absolute Gasteiger partial charge is 0.493 e. The number of rotatable bonds is 5. The number of hydrogen-bond acceptors (Lipinski definition) is 4. The van der Waals surface area contributed by atoms with Gasteiger partial charge in [0, 0.05) is 5.54 Å². The Morgan fingerprint density at radius 2 is 1.79 bits per heavy atom. The average molecular weight is 267 g/mol. The fraction of sp³-hybridized carbons (Fsp3) is 0.500. The maximum absolute atomic E-state index is 11.7. The van der Waals surface area contributed by atoms with Crippen molar-refractivity contribution in [1.82, 2.24) is 5.32 Å². The molecule has 0 aliphatic carbocycles. The average Bonchev–Trinajstić information content (AvgIpc) is 2.33. The van der Waals surface area contributed by atoms with Crippen LogP contribution in [-0.4, -0.2) is 32.3 Å². The molecule has 0 saturated heterocycles. The zero-order chi connectivity index (χ0) is 14.5. The Labute approximate surface area is 113 Å². The number of benzene rings is 1. The smallest absolute Gasteiger partial charge is 0.258 e. The Morgan fingerprint density at radius 1 is 1.16 bits per heavy atom. The summed E-state index contributed by atoms with van der Waals surface area (Å²) in [6.07, 6.45) is 0. The van der Waals surface area contributed by atoms with E-state index in [1.807, 2.05) is 20.8 Å². The van der Waals surface area contributed by atoms with Gasteiger partial charge in [0.15, 0.2) is 18.1 Å². The van der Waals surface area contributed by atoms with Crippen LogP contribution in [0, 0.1) is 0 Å². The van der Waals surface area contributed by atoms with Crippen molar-refractivity contribution in [3.63, 3.8) is 0 Å². The van der Waals surface area contributed by atoms with Gasteiger partial charge in [0.05, 0.1) is 14.2 Å². The third-order valence-electron chi connectivity index (χ3n) is 2.24. The summed E-state index contributed by atoms with van der Waals surface area (Å²) in [5.41, 5.74) is -0.279. The van der Waals surface area contributed by atoms with Gasteiger partial charge in [-0.25, -0.2) is 0 Å². The summed E-state index contributed by atoms with van der Waals surface area (Å²) in [7, 11) is 3.08. The molecule has 1 N–H and O–H groups in total. The van der Waals surface area contributed by atoms with Crippen LogP contribution in [0.4, 0.5) is 0 Å². The van der Waals surface area contributed by atoms with Crippen LogP contribution in [0.25, 0.3) is 0 Å².